The van der Waals surface area contributed by atoms with Crippen LogP contribution in [0.25, 0.3) is 17.1 Å². The molecule has 0 aliphatic heterocycles. The molecule has 3 rings (SSSR count). The molecule has 2 N–H and O–H groups in total. The van der Waals surface area contributed by atoms with Gasteiger partial charge in [-0.15, -0.1) is 0 Å². The molecule has 0 spiro atoms. The molecule has 0 amide bonds. The number of benzene rings is 2. The van der Waals surface area contributed by atoms with E-state index in [2.05, 4.69) is 10.2 Å². The maximum Gasteiger partial charge on any atom is 0.200 e. The molecule has 0 bridgehead atoms. The molecule has 0 fully saturated rings. The summed E-state index contributed by atoms with van der Waals surface area (Å²) in [5, 5.41) is 17.2. The summed E-state index contributed by atoms with van der Waals surface area (Å²) in [5.41, 5.74) is 2.54. The van der Waals surface area contributed by atoms with Gasteiger partial charge in [0.05, 0.1) is 10.7 Å². The van der Waals surface area contributed by atoms with Gasteiger partial charge in [0.2, 0.25) is 0 Å². The largest absolute Gasteiger partial charge is 0.508 e. The summed E-state index contributed by atoms with van der Waals surface area (Å²) >= 11 is 11.6. The number of nitrogens with zero attached hydrogens (tertiary/aromatic N) is 2. The van der Waals surface area contributed by atoms with Gasteiger partial charge in [-0.3, -0.25) is 9.67 Å². The van der Waals surface area contributed by atoms with Gasteiger partial charge in [-0.1, -0.05) is 23.7 Å². The lowest BCUT2D eigenvalue weighted by molar-refractivity contribution is 0.475. The highest BCUT2D eigenvalue weighted by Crippen LogP contribution is 2.29. The minimum absolute atomic E-state index is 0.217. The van der Waals surface area contributed by atoms with Crippen LogP contribution in [0.4, 0.5) is 0 Å². The average Bonchev–Trinajstić information content (AvgIpc) is 2.81. The molecule has 106 valence electrons. The number of para-hydroxylation sites is 1. The molecule has 2 aromatic carbocycles. The van der Waals surface area contributed by atoms with Crippen molar-refractivity contribution >= 4 is 23.8 Å². The minimum Gasteiger partial charge on any atom is -0.508 e. The van der Waals surface area contributed by atoms with Crippen LogP contribution >= 0.6 is 23.8 Å². The Kier molecular flexibility index (Phi) is 3.53. The number of phenolic OH excluding ortho intramolecular Hbond substituents is 1. The SMILES string of the molecule is Cc1cc(O)ccc1-c1n[nH]c(=S)n1-c1ccccc1Cl. The third-order valence-electron chi connectivity index (χ3n) is 3.22. The Morgan fingerprint density at radius 1 is 1.24 bits per heavy atom. The molecular weight excluding hydrogens is 306 g/mol. The van der Waals surface area contributed by atoms with Gasteiger partial charge in [0, 0.05) is 5.56 Å². The minimum atomic E-state index is 0.217. The normalized spacial score (nSPS) is 10.8. The van der Waals surface area contributed by atoms with Crippen LogP contribution in [0.1, 0.15) is 5.56 Å². The van der Waals surface area contributed by atoms with Crippen LogP contribution in [-0.2, 0) is 0 Å². The summed E-state index contributed by atoms with van der Waals surface area (Å²) in [6, 6.07) is 12.6. The standard InChI is InChI=1S/C15H12ClN3OS/c1-9-8-10(20)6-7-11(9)14-17-18-15(21)19(14)13-5-3-2-4-12(13)16/h2-8,20H,1H3,(H,18,21). The van der Waals surface area contributed by atoms with Crippen molar-refractivity contribution in [3.05, 3.63) is 57.8 Å². The number of phenols is 1. The summed E-state index contributed by atoms with van der Waals surface area (Å²) in [7, 11) is 0. The summed E-state index contributed by atoms with van der Waals surface area (Å²) in [5.74, 6) is 0.875. The highest BCUT2D eigenvalue weighted by atomic mass is 35.5. The van der Waals surface area contributed by atoms with Crippen molar-refractivity contribution in [2.24, 2.45) is 0 Å². The second-order valence-corrected chi connectivity index (χ2v) is 5.43. The number of halogens is 1. The maximum absolute atomic E-state index is 9.54. The van der Waals surface area contributed by atoms with E-state index in [0.717, 1.165) is 16.8 Å². The monoisotopic (exact) mass is 317 g/mol. The van der Waals surface area contributed by atoms with Crippen LogP contribution in [0.3, 0.4) is 0 Å². The molecule has 3 aromatic rings. The van der Waals surface area contributed by atoms with Gasteiger partial charge in [0.15, 0.2) is 10.6 Å². The van der Waals surface area contributed by atoms with E-state index in [9.17, 15) is 5.11 Å². The molecule has 0 aliphatic rings. The van der Waals surface area contributed by atoms with Gasteiger partial charge < -0.3 is 5.11 Å². The van der Waals surface area contributed by atoms with E-state index in [-0.39, 0.29) is 5.75 Å². The molecule has 1 heterocycles. The number of aromatic nitrogens is 3. The Labute approximate surface area is 131 Å². The second kappa shape index (κ2) is 5.35. The fraction of sp³-hybridized carbons (Fsp3) is 0.0667. The summed E-state index contributed by atoms with van der Waals surface area (Å²) in [6.07, 6.45) is 0. The molecule has 0 unspecified atom stereocenters. The molecular formula is C15H12ClN3OS. The Bertz CT molecular complexity index is 869. The summed E-state index contributed by atoms with van der Waals surface area (Å²) < 4.78 is 2.25. The Balaban J connectivity index is 2.27. The first-order chi connectivity index (χ1) is 10.1. The fourth-order valence-electron chi connectivity index (χ4n) is 2.23. The van der Waals surface area contributed by atoms with Crippen LogP contribution in [0.2, 0.25) is 5.02 Å². The first kappa shape index (κ1) is 13.9. The van der Waals surface area contributed by atoms with Crippen LogP contribution < -0.4 is 0 Å². The number of aromatic amines is 1. The van der Waals surface area contributed by atoms with Crippen molar-refractivity contribution in [1.82, 2.24) is 14.8 Å². The number of H-pyrrole nitrogens is 1. The van der Waals surface area contributed by atoms with E-state index in [1.165, 1.54) is 0 Å². The van der Waals surface area contributed by atoms with Gasteiger partial charge in [-0.05, 0) is 55.0 Å². The number of aromatic hydroxyl groups is 1. The number of hydrogen-bond donors (Lipinski definition) is 2. The topological polar surface area (TPSA) is 53.8 Å². The molecule has 21 heavy (non-hydrogen) atoms. The second-order valence-electron chi connectivity index (χ2n) is 4.64. The maximum atomic E-state index is 9.54. The Morgan fingerprint density at radius 3 is 2.71 bits per heavy atom. The molecule has 1 aromatic heterocycles. The van der Waals surface area contributed by atoms with Crippen LogP contribution in [0.15, 0.2) is 42.5 Å². The first-order valence-electron chi connectivity index (χ1n) is 6.30. The smallest absolute Gasteiger partial charge is 0.200 e. The molecule has 0 saturated carbocycles. The van der Waals surface area contributed by atoms with Crippen molar-refractivity contribution in [3.8, 4) is 22.8 Å². The number of rotatable bonds is 2. The van der Waals surface area contributed by atoms with Gasteiger partial charge >= 0.3 is 0 Å². The zero-order valence-electron chi connectivity index (χ0n) is 11.2. The third kappa shape index (κ3) is 2.46. The lowest BCUT2D eigenvalue weighted by Gasteiger charge is -2.10. The molecule has 6 heteroatoms. The van der Waals surface area contributed by atoms with Crippen molar-refractivity contribution < 1.29 is 5.11 Å². The van der Waals surface area contributed by atoms with Crippen LogP contribution in [0, 0.1) is 11.7 Å². The van der Waals surface area contributed by atoms with E-state index in [1.807, 2.05) is 31.2 Å². The molecule has 0 aliphatic carbocycles. The molecule has 0 atom stereocenters. The number of aryl methyl sites for hydroxylation is 1. The Hall–Kier alpha value is -2.11. The van der Waals surface area contributed by atoms with Gasteiger partial charge in [-0.25, -0.2) is 0 Å². The highest BCUT2D eigenvalue weighted by molar-refractivity contribution is 7.71. The predicted octanol–water partition coefficient (Wildman–Crippen LogP) is 4.26. The van der Waals surface area contributed by atoms with Crippen LogP contribution in [0.5, 0.6) is 5.75 Å². The zero-order chi connectivity index (χ0) is 15.0. The predicted molar refractivity (Wildman–Crippen MR) is 85.6 cm³/mol. The summed E-state index contributed by atoms with van der Waals surface area (Å²) in [4.78, 5) is 0. The van der Waals surface area contributed by atoms with Crippen LogP contribution in [-0.4, -0.2) is 19.9 Å². The van der Waals surface area contributed by atoms with Gasteiger partial charge in [0.25, 0.3) is 0 Å². The van der Waals surface area contributed by atoms with Crippen molar-refractivity contribution in [2.45, 2.75) is 6.92 Å². The quantitative estimate of drug-likeness (QED) is 0.694. The van der Waals surface area contributed by atoms with Gasteiger partial charge in [-0.2, -0.15) is 5.10 Å². The highest BCUT2D eigenvalue weighted by Gasteiger charge is 2.14. The average molecular weight is 318 g/mol. The van der Waals surface area contributed by atoms with E-state index in [1.54, 1.807) is 22.8 Å². The number of hydrogen-bond acceptors (Lipinski definition) is 3. The number of nitrogens with one attached hydrogen (secondary N) is 1. The third-order valence-corrected chi connectivity index (χ3v) is 3.81. The van der Waals surface area contributed by atoms with Crippen molar-refractivity contribution in [3.63, 3.8) is 0 Å². The van der Waals surface area contributed by atoms with E-state index in [0.29, 0.717) is 15.6 Å². The fourth-order valence-corrected chi connectivity index (χ4v) is 2.68. The molecule has 0 radical (unpaired) electrons. The van der Waals surface area contributed by atoms with Crippen molar-refractivity contribution in [2.75, 3.05) is 0 Å². The zero-order valence-corrected chi connectivity index (χ0v) is 12.7. The lowest BCUT2D eigenvalue weighted by Crippen LogP contribution is -1.99. The lowest BCUT2D eigenvalue weighted by atomic mass is 10.1. The first-order valence-corrected chi connectivity index (χ1v) is 7.09. The van der Waals surface area contributed by atoms with E-state index in [4.69, 9.17) is 23.8 Å². The summed E-state index contributed by atoms with van der Waals surface area (Å²) in [6.45, 7) is 1.91. The van der Waals surface area contributed by atoms with Gasteiger partial charge in [0.1, 0.15) is 5.75 Å². The van der Waals surface area contributed by atoms with E-state index < -0.39 is 0 Å². The van der Waals surface area contributed by atoms with E-state index >= 15 is 0 Å². The molecule has 0 saturated heterocycles. The molecule has 4 nitrogen and oxygen atoms in total. The Morgan fingerprint density at radius 2 is 2.00 bits per heavy atom. The van der Waals surface area contributed by atoms with Crippen molar-refractivity contribution in [1.29, 1.82) is 0 Å².